The second-order valence-electron chi connectivity index (χ2n) is 11.5. The molecule has 36 heavy (non-hydrogen) atoms. The van der Waals surface area contributed by atoms with Crippen LogP contribution in [0.4, 0.5) is 0 Å². The molecule has 4 N–H and O–H groups in total. The summed E-state index contributed by atoms with van der Waals surface area (Å²) in [7, 11) is 0. The molecule has 2 amide bonds. The van der Waals surface area contributed by atoms with Gasteiger partial charge >= 0.3 is 5.97 Å². The summed E-state index contributed by atoms with van der Waals surface area (Å²) in [6.45, 7) is 8.65. The van der Waals surface area contributed by atoms with Gasteiger partial charge in [-0.15, -0.1) is 0 Å². The summed E-state index contributed by atoms with van der Waals surface area (Å²) in [5.74, 6) is -1.61. The Bertz CT molecular complexity index is 1040. The first kappa shape index (κ1) is 26.3. The van der Waals surface area contributed by atoms with E-state index < -0.39 is 30.0 Å². The maximum Gasteiger partial charge on any atom is 0.329 e. The number of aromatic hydroxyl groups is 2. The number of fused-ring (bicyclic) bond motifs is 2. The molecule has 1 heterocycles. The molecule has 2 saturated carbocycles. The van der Waals surface area contributed by atoms with Crippen molar-refractivity contribution in [2.45, 2.75) is 90.5 Å². The van der Waals surface area contributed by atoms with Crippen molar-refractivity contribution in [2.75, 3.05) is 6.54 Å². The second kappa shape index (κ2) is 9.57. The average molecular weight is 503 g/mol. The highest BCUT2D eigenvalue weighted by molar-refractivity contribution is 5.92. The molecular formula is C27H38N2O7. The topological polar surface area (TPSA) is 136 Å². The van der Waals surface area contributed by atoms with Crippen molar-refractivity contribution >= 4 is 17.8 Å². The Balaban J connectivity index is 1.33. The second-order valence-corrected chi connectivity index (χ2v) is 11.5. The highest BCUT2D eigenvalue weighted by atomic mass is 16.5. The average Bonchev–Trinajstić information content (AvgIpc) is 3.44. The van der Waals surface area contributed by atoms with Gasteiger partial charge in [-0.2, -0.15) is 0 Å². The number of nitrogens with one attached hydrogen (secondary N) is 1. The van der Waals surface area contributed by atoms with Crippen LogP contribution in [0.15, 0.2) is 18.2 Å². The Hall–Kier alpha value is -2.81. The number of carbonyl (C=O) groups is 3. The number of phenolic OH excluding ortho intramolecular Hbond substituents is 2. The predicted octanol–water partition coefficient (Wildman–Crippen LogP) is 2.25. The molecule has 6 atom stereocenters. The predicted molar refractivity (Wildman–Crippen MR) is 131 cm³/mol. The molecule has 4 rings (SSSR count). The SMILES string of the molecule is C[C@H](NC(=O)[C@H](O)Cc1ccc(O)c(O)c1)C(=O)N1CCC[C@H]1C(=O)OC1CC2CCC1(C)C2(C)C. The smallest absolute Gasteiger partial charge is 0.329 e. The number of carbonyl (C=O) groups excluding carboxylic acids is 3. The number of phenols is 2. The first-order chi connectivity index (χ1) is 16.8. The van der Waals surface area contributed by atoms with Crippen molar-refractivity contribution in [3.63, 3.8) is 0 Å². The number of hydrogen-bond acceptors (Lipinski definition) is 7. The minimum atomic E-state index is -1.45. The molecule has 0 aromatic heterocycles. The van der Waals surface area contributed by atoms with E-state index in [2.05, 4.69) is 26.1 Å². The number of aliphatic hydroxyl groups is 1. The zero-order chi connectivity index (χ0) is 26.4. The quantitative estimate of drug-likeness (QED) is 0.332. The molecule has 3 aliphatic rings. The van der Waals surface area contributed by atoms with E-state index in [0.29, 0.717) is 30.9 Å². The van der Waals surface area contributed by atoms with Crippen LogP contribution in [0.2, 0.25) is 0 Å². The molecule has 1 saturated heterocycles. The van der Waals surface area contributed by atoms with Crippen molar-refractivity contribution in [1.29, 1.82) is 0 Å². The lowest BCUT2D eigenvalue weighted by atomic mass is 9.70. The van der Waals surface area contributed by atoms with E-state index in [0.717, 1.165) is 19.3 Å². The third-order valence-corrected chi connectivity index (χ3v) is 9.28. The number of amides is 2. The van der Waals surface area contributed by atoms with Crippen LogP contribution in [0.5, 0.6) is 11.5 Å². The van der Waals surface area contributed by atoms with Gasteiger partial charge in [0.05, 0.1) is 0 Å². The largest absolute Gasteiger partial charge is 0.504 e. The fraction of sp³-hybridized carbons (Fsp3) is 0.667. The Kier molecular flexibility index (Phi) is 6.98. The van der Waals surface area contributed by atoms with E-state index in [1.165, 1.54) is 30.0 Å². The van der Waals surface area contributed by atoms with Gasteiger partial charge < -0.3 is 30.3 Å². The van der Waals surface area contributed by atoms with Crippen LogP contribution in [0, 0.1) is 16.7 Å². The van der Waals surface area contributed by atoms with Crippen molar-refractivity contribution < 1.29 is 34.4 Å². The maximum absolute atomic E-state index is 13.2. The van der Waals surface area contributed by atoms with Crippen LogP contribution in [-0.4, -0.2) is 68.8 Å². The molecule has 198 valence electrons. The van der Waals surface area contributed by atoms with Gasteiger partial charge in [0.1, 0.15) is 24.3 Å². The van der Waals surface area contributed by atoms with Crippen LogP contribution in [0.3, 0.4) is 0 Å². The minimum absolute atomic E-state index is 0.0630. The lowest BCUT2D eigenvalue weighted by molar-refractivity contribution is -0.165. The minimum Gasteiger partial charge on any atom is -0.504 e. The van der Waals surface area contributed by atoms with Gasteiger partial charge in [0, 0.05) is 18.4 Å². The summed E-state index contributed by atoms with van der Waals surface area (Å²) in [4.78, 5) is 40.3. The standard InChI is InChI=1S/C27H38N2O7/c1-15(28-23(33)21(32)13-16-7-8-19(30)20(31)12-16)24(34)29-11-5-6-18(29)25(35)36-22-14-17-9-10-27(22,4)26(17,2)3/h7-8,12,15,17-18,21-22,30-32H,5-6,9-11,13-14H2,1-4H3,(H,28,33)/t15-,17?,18-,21+,22?,27?/m0/s1. The Morgan fingerprint density at radius 2 is 1.89 bits per heavy atom. The molecule has 2 bridgehead atoms. The molecule has 1 aliphatic heterocycles. The van der Waals surface area contributed by atoms with Gasteiger partial charge in [-0.3, -0.25) is 9.59 Å². The molecule has 1 aromatic carbocycles. The monoisotopic (exact) mass is 502 g/mol. The molecule has 0 radical (unpaired) electrons. The Labute approximate surface area is 211 Å². The third-order valence-electron chi connectivity index (χ3n) is 9.28. The summed E-state index contributed by atoms with van der Waals surface area (Å²) in [6.07, 6.45) is 2.54. The van der Waals surface area contributed by atoms with Gasteiger partial charge in [-0.1, -0.05) is 26.8 Å². The van der Waals surface area contributed by atoms with Crippen LogP contribution in [-0.2, 0) is 25.5 Å². The van der Waals surface area contributed by atoms with Crippen molar-refractivity contribution in [1.82, 2.24) is 10.2 Å². The maximum atomic E-state index is 13.2. The summed E-state index contributed by atoms with van der Waals surface area (Å²) >= 11 is 0. The van der Waals surface area contributed by atoms with Gasteiger partial charge in [0.25, 0.3) is 0 Å². The van der Waals surface area contributed by atoms with E-state index in [4.69, 9.17) is 4.74 Å². The number of hydrogen-bond donors (Lipinski definition) is 4. The summed E-state index contributed by atoms with van der Waals surface area (Å²) < 4.78 is 6.03. The van der Waals surface area contributed by atoms with Crippen LogP contribution >= 0.6 is 0 Å². The zero-order valence-corrected chi connectivity index (χ0v) is 21.5. The normalized spacial score (nSPS) is 30.1. The molecule has 3 fully saturated rings. The number of nitrogens with zero attached hydrogens (tertiary/aromatic N) is 1. The van der Waals surface area contributed by atoms with Gasteiger partial charge in [0.2, 0.25) is 11.8 Å². The molecule has 1 aromatic rings. The van der Waals surface area contributed by atoms with Crippen LogP contribution in [0.25, 0.3) is 0 Å². The van der Waals surface area contributed by atoms with E-state index in [1.807, 2.05) is 0 Å². The highest BCUT2D eigenvalue weighted by Gasteiger charge is 2.63. The van der Waals surface area contributed by atoms with E-state index in [9.17, 15) is 29.7 Å². The lowest BCUT2D eigenvalue weighted by Gasteiger charge is -2.39. The Morgan fingerprint density at radius 1 is 1.17 bits per heavy atom. The molecular weight excluding hydrogens is 464 g/mol. The fourth-order valence-corrected chi connectivity index (χ4v) is 6.43. The van der Waals surface area contributed by atoms with Crippen LogP contribution < -0.4 is 5.32 Å². The van der Waals surface area contributed by atoms with Gasteiger partial charge in [-0.05, 0) is 68.1 Å². The van der Waals surface area contributed by atoms with Crippen LogP contribution in [0.1, 0.15) is 65.4 Å². The Morgan fingerprint density at radius 3 is 2.50 bits per heavy atom. The lowest BCUT2D eigenvalue weighted by Crippen LogP contribution is -2.53. The van der Waals surface area contributed by atoms with Crippen molar-refractivity contribution in [3.05, 3.63) is 23.8 Å². The summed E-state index contributed by atoms with van der Waals surface area (Å²) in [5.41, 5.74) is 0.500. The molecule has 9 heteroatoms. The number of benzene rings is 1. The van der Waals surface area contributed by atoms with Crippen molar-refractivity contribution in [2.24, 2.45) is 16.7 Å². The zero-order valence-electron chi connectivity index (χ0n) is 21.5. The summed E-state index contributed by atoms with van der Waals surface area (Å²) in [5, 5.41) is 31.8. The number of likely N-dealkylation sites (tertiary alicyclic amines) is 1. The molecule has 2 aliphatic carbocycles. The molecule has 9 nitrogen and oxygen atoms in total. The molecule has 0 spiro atoms. The number of rotatable bonds is 7. The fourth-order valence-electron chi connectivity index (χ4n) is 6.43. The van der Waals surface area contributed by atoms with Crippen molar-refractivity contribution in [3.8, 4) is 11.5 Å². The van der Waals surface area contributed by atoms with E-state index >= 15 is 0 Å². The van der Waals surface area contributed by atoms with E-state index in [1.54, 1.807) is 0 Å². The van der Waals surface area contributed by atoms with Gasteiger partial charge in [-0.25, -0.2) is 4.79 Å². The third kappa shape index (κ3) is 4.53. The van der Waals surface area contributed by atoms with E-state index in [-0.39, 0.29) is 40.8 Å². The number of ether oxygens (including phenoxy) is 1. The first-order valence-electron chi connectivity index (χ1n) is 12.9. The highest BCUT2D eigenvalue weighted by Crippen LogP contribution is 2.66. The number of aliphatic hydroxyl groups excluding tert-OH is 1. The first-order valence-corrected chi connectivity index (χ1v) is 12.9. The molecule has 3 unspecified atom stereocenters. The summed E-state index contributed by atoms with van der Waals surface area (Å²) in [6, 6.07) is 2.41. The number of esters is 1. The van der Waals surface area contributed by atoms with Gasteiger partial charge in [0.15, 0.2) is 11.5 Å².